The molecule has 0 aromatic carbocycles. The third kappa shape index (κ3) is 46.4. The molecular formula is C54H107NO4. The van der Waals surface area contributed by atoms with Gasteiger partial charge in [-0.05, 0) is 19.3 Å². The number of allylic oxidation sites excluding steroid dienone is 1. The lowest BCUT2D eigenvalue weighted by atomic mass is 10.0. The van der Waals surface area contributed by atoms with Crippen molar-refractivity contribution in [2.75, 3.05) is 6.61 Å². The Labute approximate surface area is 369 Å². The van der Waals surface area contributed by atoms with Gasteiger partial charge < -0.3 is 20.6 Å². The summed E-state index contributed by atoms with van der Waals surface area (Å²) >= 11 is 0. The highest BCUT2D eigenvalue weighted by Gasteiger charge is 2.20. The van der Waals surface area contributed by atoms with E-state index in [1.165, 1.54) is 250 Å². The Morgan fingerprint density at radius 2 is 0.695 bits per heavy atom. The topological polar surface area (TPSA) is 89.8 Å². The van der Waals surface area contributed by atoms with Crippen molar-refractivity contribution < 1.29 is 20.1 Å². The number of unbranched alkanes of at least 4 members (excludes halogenated alkanes) is 41. The number of hydrogen-bond donors (Lipinski definition) is 4. The molecule has 3 unspecified atom stereocenters. The van der Waals surface area contributed by atoms with Crippen molar-refractivity contribution in [1.29, 1.82) is 0 Å². The van der Waals surface area contributed by atoms with Gasteiger partial charge in [0.25, 0.3) is 0 Å². The summed E-state index contributed by atoms with van der Waals surface area (Å²) in [5, 5.41) is 33.4. The van der Waals surface area contributed by atoms with E-state index in [9.17, 15) is 20.1 Å². The van der Waals surface area contributed by atoms with E-state index in [2.05, 4.69) is 19.2 Å². The molecule has 0 rings (SSSR count). The highest BCUT2D eigenvalue weighted by atomic mass is 16.3. The zero-order valence-corrected chi connectivity index (χ0v) is 40.2. The standard InChI is InChI=1S/C54H107NO4/c1-3-5-7-9-11-13-15-17-19-21-23-25-26-27-28-30-32-34-36-38-40-42-44-46-48-53(58)52(50-56)55-54(59)49-51(57)47-45-43-41-39-37-35-33-31-29-24-22-20-18-16-14-12-10-8-6-4-2/h46,48,51-53,56-58H,3-45,47,49-50H2,1-2H3,(H,55,59)/b48-46+. The molecule has 352 valence electrons. The third-order valence-corrected chi connectivity index (χ3v) is 12.8. The quantitative estimate of drug-likeness (QED) is 0.0363. The average molecular weight is 834 g/mol. The predicted octanol–water partition coefficient (Wildman–Crippen LogP) is 16.3. The van der Waals surface area contributed by atoms with Crippen LogP contribution in [-0.2, 0) is 4.79 Å². The Morgan fingerprint density at radius 3 is 0.983 bits per heavy atom. The fourth-order valence-electron chi connectivity index (χ4n) is 8.70. The van der Waals surface area contributed by atoms with Gasteiger partial charge in [-0.2, -0.15) is 0 Å². The second-order valence-corrected chi connectivity index (χ2v) is 18.9. The Morgan fingerprint density at radius 1 is 0.424 bits per heavy atom. The van der Waals surface area contributed by atoms with Crippen LogP contribution in [0.2, 0.25) is 0 Å². The molecule has 0 spiro atoms. The summed E-state index contributed by atoms with van der Waals surface area (Å²) in [6.07, 6.45) is 61.0. The minimum atomic E-state index is -0.926. The summed E-state index contributed by atoms with van der Waals surface area (Å²) in [5.41, 5.74) is 0. The van der Waals surface area contributed by atoms with E-state index in [4.69, 9.17) is 0 Å². The van der Waals surface area contributed by atoms with Crippen molar-refractivity contribution in [3.05, 3.63) is 12.2 Å². The van der Waals surface area contributed by atoms with E-state index < -0.39 is 18.2 Å². The molecule has 5 heteroatoms. The van der Waals surface area contributed by atoms with E-state index in [0.29, 0.717) is 6.42 Å². The van der Waals surface area contributed by atoms with Crippen LogP contribution in [0.4, 0.5) is 0 Å². The van der Waals surface area contributed by atoms with Crippen LogP contribution in [0.25, 0.3) is 0 Å². The van der Waals surface area contributed by atoms with E-state index >= 15 is 0 Å². The fraction of sp³-hybridized carbons (Fsp3) is 0.944. The zero-order chi connectivity index (χ0) is 43.0. The third-order valence-electron chi connectivity index (χ3n) is 12.8. The SMILES string of the molecule is CCCCCCCCCCCCCCCCCCCCCCCC/C=C/C(O)C(CO)NC(=O)CC(O)CCCCCCCCCCCCCCCCCCCCCC. The highest BCUT2D eigenvalue weighted by molar-refractivity contribution is 5.76. The fourth-order valence-corrected chi connectivity index (χ4v) is 8.70. The summed E-state index contributed by atoms with van der Waals surface area (Å²) in [6.45, 7) is 4.25. The molecule has 4 N–H and O–H groups in total. The number of aliphatic hydroxyl groups is 3. The normalized spacial score (nSPS) is 13.4. The molecule has 0 aliphatic rings. The number of carbonyl (C=O) groups excluding carboxylic acids is 1. The lowest BCUT2D eigenvalue weighted by Gasteiger charge is -2.21. The van der Waals surface area contributed by atoms with Crippen LogP contribution in [-0.4, -0.2) is 46.1 Å². The summed E-state index contributed by atoms with van der Waals surface area (Å²) in [5.74, 6) is -0.309. The maximum atomic E-state index is 12.5. The summed E-state index contributed by atoms with van der Waals surface area (Å²) in [4.78, 5) is 12.5. The number of amides is 1. The molecule has 0 aromatic heterocycles. The van der Waals surface area contributed by atoms with E-state index in [1.807, 2.05) is 6.08 Å². The van der Waals surface area contributed by atoms with Crippen LogP contribution in [0.1, 0.15) is 303 Å². The molecule has 1 amide bonds. The van der Waals surface area contributed by atoms with Crippen molar-refractivity contribution in [1.82, 2.24) is 5.32 Å². The second-order valence-electron chi connectivity index (χ2n) is 18.9. The maximum Gasteiger partial charge on any atom is 0.222 e. The summed E-state index contributed by atoms with van der Waals surface area (Å²) in [6, 6.07) is -0.741. The first-order chi connectivity index (χ1) is 29.0. The van der Waals surface area contributed by atoms with Crippen molar-refractivity contribution in [2.45, 2.75) is 321 Å². The first-order valence-electron chi connectivity index (χ1n) is 27.0. The molecular weight excluding hydrogens is 727 g/mol. The predicted molar refractivity (Wildman–Crippen MR) is 259 cm³/mol. The van der Waals surface area contributed by atoms with Gasteiger partial charge in [0, 0.05) is 0 Å². The summed E-state index contributed by atoms with van der Waals surface area (Å²) < 4.78 is 0. The molecule has 0 saturated heterocycles. The highest BCUT2D eigenvalue weighted by Crippen LogP contribution is 2.18. The van der Waals surface area contributed by atoms with Crippen molar-refractivity contribution >= 4 is 5.91 Å². The smallest absolute Gasteiger partial charge is 0.222 e. The van der Waals surface area contributed by atoms with Gasteiger partial charge in [-0.25, -0.2) is 0 Å². The molecule has 0 saturated carbocycles. The second kappa shape index (κ2) is 49.7. The molecule has 0 fully saturated rings. The largest absolute Gasteiger partial charge is 0.394 e. The van der Waals surface area contributed by atoms with Gasteiger partial charge in [0.1, 0.15) is 0 Å². The minimum absolute atomic E-state index is 0.0194. The summed E-state index contributed by atoms with van der Waals surface area (Å²) in [7, 11) is 0. The van der Waals surface area contributed by atoms with E-state index in [-0.39, 0.29) is 18.9 Å². The lowest BCUT2D eigenvalue weighted by molar-refractivity contribution is -0.124. The number of aliphatic hydroxyl groups excluding tert-OH is 3. The number of carbonyl (C=O) groups is 1. The van der Waals surface area contributed by atoms with Gasteiger partial charge in [0.05, 0.1) is 31.3 Å². The molecule has 59 heavy (non-hydrogen) atoms. The molecule has 0 aliphatic carbocycles. The van der Waals surface area contributed by atoms with Gasteiger partial charge in [-0.3, -0.25) is 4.79 Å². The maximum absolute atomic E-state index is 12.5. The minimum Gasteiger partial charge on any atom is -0.394 e. The van der Waals surface area contributed by atoms with Crippen LogP contribution in [0.15, 0.2) is 12.2 Å². The van der Waals surface area contributed by atoms with Crippen molar-refractivity contribution in [2.24, 2.45) is 0 Å². The molecule has 3 atom stereocenters. The van der Waals surface area contributed by atoms with Crippen LogP contribution in [0, 0.1) is 0 Å². The van der Waals surface area contributed by atoms with Crippen molar-refractivity contribution in [3.63, 3.8) is 0 Å². The van der Waals surface area contributed by atoms with Crippen LogP contribution in [0.5, 0.6) is 0 Å². The molecule has 0 aliphatic heterocycles. The van der Waals surface area contributed by atoms with Crippen LogP contribution in [0.3, 0.4) is 0 Å². The molecule has 5 nitrogen and oxygen atoms in total. The van der Waals surface area contributed by atoms with Crippen molar-refractivity contribution in [3.8, 4) is 0 Å². The molecule has 0 radical (unpaired) electrons. The number of rotatable bonds is 50. The van der Waals surface area contributed by atoms with Gasteiger partial charge in [0.15, 0.2) is 0 Å². The number of nitrogens with one attached hydrogen (secondary N) is 1. The monoisotopic (exact) mass is 834 g/mol. The molecule has 0 aromatic rings. The first-order valence-corrected chi connectivity index (χ1v) is 27.0. The van der Waals surface area contributed by atoms with Gasteiger partial charge in [0.2, 0.25) is 5.91 Å². The Hall–Kier alpha value is -0.910. The average Bonchev–Trinajstić information content (AvgIpc) is 3.23. The first kappa shape index (κ1) is 58.1. The Balaban J connectivity index is 3.56. The van der Waals surface area contributed by atoms with E-state index in [0.717, 1.165) is 25.7 Å². The van der Waals surface area contributed by atoms with E-state index in [1.54, 1.807) is 6.08 Å². The Bertz CT molecular complexity index is 833. The molecule has 0 bridgehead atoms. The van der Waals surface area contributed by atoms with Gasteiger partial charge in [-0.1, -0.05) is 289 Å². The Kier molecular flexibility index (Phi) is 49.0. The molecule has 0 heterocycles. The van der Waals surface area contributed by atoms with Gasteiger partial charge in [-0.15, -0.1) is 0 Å². The van der Waals surface area contributed by atoms with Crippen LogP contribution < -0.4 is 5.32 Å². The zero-order valence-electron chi connectivity index (χ0n) is 40.2. The lowest BCUT2D eigenvalue weighted by Crippen LogP contribution is -2.45. The van der Waals surface area contributed by atoms with Gasteiger partial charge >= 0.3 is 0 Å². The number of hydrogen-bond acceptors (Lipinski definition) is 4. The van der Waals surface area contributed by atoms with Crippen LogP contribution >= 0.6 is 0 Å².